The first-order valence-corrected chi connectivity index (χ1v) is 7.97. The summed E-state index contributed by atoms with van der Waals surface area (Å²) < 4.78 is 5.14. The normalized spacial score (nSPS) is 10.4. The van der Waals surface area contributed by atoms with E-state index in [-0.39, 0.29) is 6.61 Å². The fourth-order valence-corrected chi connectivity index (χ4v) is 2.54. The number of ether oxygens (including phenoxy) is 1. The molecule has 0 aliphatic heterocycles. The number of aromatic nitrogens is 1. The molecular formula is C16H20N2O2S. The molecule has 5 heteroatoms. The van der Waals surface area contributed by atoms with E-state index in [9.17, 15) is 0 Å². The van der Waals surface area contributed by atoms with Crippen molar-refractivity contribution in [1.82, 2.24) is 4.98 Å². The van der Waals surface area contributed by atoms with Crippen LogP contribution in [0.2, 0.25) is 0 Å². The van der Waals surface area contributed by atoms with E-state index in [0.717, 1.165) is 29.6 Å². The molecule has 1 heterocycles. The van der Waals surface area contributed by atoms with Crippen LogP contribution in [0, 0.1) is 0 Å². The Kier molecular flexibility index (Phi) is 6.37. The van der Waals surface area contributed by atoms with Crippen LogP contribution in [0.4, 0.5) is 5.82 Å². The van der Waals surface area contributed by atoms with Crippen molar-refractivity contribution in [2.45, 2.75) is 12.3 Å². The second kappa shape index (κ2) is 8.54. The summed E-state index contributed by atoms with van der Waals surface area (Å²) >= 11 is 1.71. The van der Waals surface area contributed by atoms with Crippen LogP contribution < -0.4 is 10.1 Å². The van der Waals surface area contributed by atoms with Gasteiger partial charge < -0.3 is 15.2 Å². The van der Waals surface area contributed by atoms with Gasteiger partial charge >= 0.3 is 0 Å². The maximum absolute atomic E-state index is 8.79. The number of hydrogen-bond donors (Lipinski definition) is 2. The molecule has 0 bridgehead atoms. The molecular weight excluding hydrogens is 284 g/mol. The van der Waals surface area contributed by atoms with Crippen LogP contribution in [0.25, 0.3) is 0 Å². The third-order valence-corrected chi connectivity index (χ3v) is 3.97. The number of thioether (sulfide) groups is 1. The predicted octanol–water partition coefficient (Wildman–Crippen LogP) is 2.93. The molecule has 2 N–H and O–H groups in total. The average molecular weight is 304 g/mol. The van der Waals surface area contributed by atoms with Gasteiger partial charge in [-0.25, -0.2) is 4.98 Å². The molecule has 0 fully saturated rings. The van der Waals surface area contributed by atoms with Crippen molar-refractivity contribution in [3.8, 4) is 5.75 Å². The molecule has 1 aromatic carbocycles. The molecule has 0 unspecified atom stereocenters. The van der Waals surface area contributed by atoms with Gasteiger partial charge in [-0.15, -0.1) is 0 Å². The van der Waals surface area contributed by atoms with E-state index in [0.29, 0.717) is 0 Å². The SMILES string of the molecule is COc1ccc(CNc2cc(CSCCO)ccn2)cc1. The van der Waals surface area contributed by atoms with Gasteiger partial charge in [-0.2, -0.15) is 11.8 Å². The van der Waals surface area contributed by atoms with Gasteiger partial charge in [0.25, 0.3) is 0 Å². The van der Waals surface area contributed by atoms with Gasteiger partial charge in [0, 0.05) is 24.2 Å². The third-order valence-electron chi connectivity index (χ3n) is 2.96. The molecule has 0 aliphatic rings. The molecule has 112 valence electrons. The van der Waals surface area contributed by atoms with Crippen LogP contribution in [0.3, 0.4) is 0 Å². The van der Waals surface area contributed by atoms with E-state index in [2.05, 4.69) is 10.3 Å². The Labute approximate surface area is 129 Å². The fraction of sp³-hybridized carbons (Fsp3) is 0.312. The molecule has 4 nitrogen and oxygen atoms in total. The molecule has 0 spiro atoms. The average Bonchev–Trinajstić information content (AvgIpc) is 2.54. The van der Waals surface area contributed by atoms with Crippen molar-refractivity contribution in [2.24, 2.45) is 0 Å². The molecule has 0 radical (unpaired) electrons. The summed E-state index contributed by atoms with van der Waals surface area (Å²) in [5.41, 5.74) is 2.39. The van der Waals surface area contributed by atoms with Crippen molar-refractivity contribution < 1.29 is 9.84 Å². The zero-order chi connectivity index (χ0) is 14.9. The van der Waals surface area contributed by atoms with Gasteiger partial charge in [0.05, 0.1) is 13.7 Å². The van der Waals surface area contributed by atoms with Crippen LogP contribution in [0.15, 0.2) is 42.6 Å². The zero-order valence-electron chi connectivity index (χ0n) is 12.1. The number of aliphatic hydroxyl groups excluding tert-OH is 1. The lowest BCUT2D eigenvalue weighted by atomic mass is 10.2. The summed E-state index contributed by atoms with van der Waals surface area (Å²) in [6.45, 7) is 0.947. The van der Waals surface area contributed by atoms with Gasteiger partial charge in [-0.05, 0) is 35.4 Å². The van der Waals surface area contributed by atoms with Crippen LogP contribution >= 0.6 is 11.8 Å². The number of methoxy groups -OCH3 is 1. The number of nitrogens with one attached hydrogen (secondary N) is 1. The molecule has 2 rings (SSSR count). The lowest BCUT2D eigenvalue weighted by molar-refractivity contribution is 0.322. The lowest BCUT2D eigenvalue weighted by Crippen LogP contribution is -2.01. The number of aliphatic hydroxyl groups is 1. The number of hydrogen-bond acceptors (Lipinski definition) is 5. The molecule has 0 atom stereocenters. The second-order valence-corrected chi connectivity index (χ2v) is 5.63. The lowest BCUT2D eigenvalue weighted by Gasteiger charge is -2.08. The summed E-state index contributed by atoms with van der Waals surface area (Å²) in [5, 5.41) is 12.1. The Bertz CT molecular complexity index is 546. The quantitative estimate of drug-likeness (QED) is 0.734. The molecule has 1 aromatic heterocycles. The Morgan fingerprint density at radius 2 is 2.00 bits per heavy atom. The number of pyridine rings is 1. The first kappa shape index (κ1) is 15.7. The Balaban J connectivity index is 1.88. The van der Waals surface area contributed by atoms with Gasteiger partial charge in [0.2, 0.25) is 0 Å². The smallest absolute Gasteiger partial charge is 0.126 e. The zero-order valence-corrected chi connectivity index (χ0v) is 12.9. The van der Waals surface area contributed by atoms with Crippen LogP contribution in [0.1, 0.15) is 11.1 Å². The highest BCUT2D eigenvalue weighted by atomic mass is 32.2. The number of benzene rings is 1. The van der Waals surface area contributed by atoms with E-state index < -0.39 is 0 Å². The molecule has 0 aliphatic carbocycles. The van der Waals surface area contributed by atoms with Gasteiger partial charge in [-0.3, -0.25) is 0 Å². The topological polar surface area (TPSA) is 54.4 Å². The van der Waals surface area contributed by atoms with Crippen molar-refractivity contribution in [3.63, 3.8) is 0 Å². The molecule has 0 saturated carbocycles. The van der Waals surface area contributed by atoms with E-state index in [4.69, 9.17) is 9.84 Å². The van der Waals surface area contributed by atoms with Crippen molar-refractivity contribution >= 4 is 17.6 Å². The minimum absolute atomic E-state index is 0.221. The van der Waals surface area contributed by atoms with Crippen LogP contribution in [0.5, 0.6) is 5.75 Å². The summed E-state index contributed by atoms with van der Waals surface area (Å²) in [7, 11) is 1.66. The molecule has 0 amide bonds. The Morgan fingerprint density at radius 1 is 1.19 bits per heavy atom. The number of nitrogens with zero attached hydrogens (tertiary/aromatic N) is 1. The van der Waals surface area contributed by atoms with Crippen molar-refractivity contribution in [1.29, 1.82) is 0 Å². The van der Waals surface area contributed by atoms with Gasteiger partial charge in [-0.1, -0.05) is 12.1 Å². The highest BCUT2D eigenvalue weighted by Gasteiger charge is 1.99. The highest BCUT2D eigenvalue weighted by molar-refractivity contribution is 7.98. The maximum Gasteiger partial charge on any atom is 0.126 e. The summed E-state index contributed by atoms with van der Waals surface area (Å²) in [6.07, 6.45) is 1.81. The highest BCUT2D eigenvalue weighted by Crippen LogP contribution is 2.16. The number of anilines is 1. The van der Waals surface area contributed by atoms with Gasteiger partial charge in [0.1, 0.15) is 11.6 Å². The van der Waals surface area contributed by atoms with Crippen molar-refractivity contribution in [3.05, 3.63) is 53.7 Å². The van der Waals surface area contributed by atoms with Crippen LogP contribution in [-0.2, 0) is 12.3 Å². The monoisotopic (exact) mass is 304 g/mol. The van der Waals surface area contributed by atoms with E-state index in [1.807, 2.05) is 42.6 Å². The minimum Gasteiger partial charge on any atom is -0.497 e. The maximum atomic E-state index is 8.79. The van der Waals surface area contributed by atoms with E-state index in [1.165, 1.54) is 11.1 Å². The first-order chi connectivity index (χ1) is 10.3. The second-order valence-electron chi connectivity index (χ2n) is 4.53. The Hall–Kier alpha value is -1.72. The summed E-state index contributed by atoms with van der Waals surface area (Å²) in [6, 6.07) is 12.0. The first-order valence-electron chi connectivity index (χ1n) is 6.82. The predicted molar refractivity (Wildman–Crippen MR) is 87.8 cm³/mol. The van der Waals surface area contributed by atoms with E-state index in [1.54, 1.807) is 18.9 Å². The van der Waals surface area contributed by atoms with E-state index >= 15 is 0 Å². The molecule has 2 aromatic rings. The van der Waals surface area contributed by atoms with Crippen LogP contribution in [-0.4, -0.2) is 29.6 Å². The number of rotatable bonds is 8. The molecule has 0 saturated heterocycles. The summed E-state index contributed by atoms with van der Waals surface area (Å²) in [4.78, 5) is 4.32. The fourth-order valence-electron chi connectivity index (χ4n) is 1.85. The largest absolute Gasteiger partial charge is 0.497 e. The minimum atomic E-state index is 0.221. The standard InChI is InChI=1S/C16H20N2O2S/c1-20-15-4-2-13(3-5-15)11-18-16-10-14(6-7-17-16)12-21-9-8-19/h2-7,10,19H,8-9,11-12H2,1H3,(H,17,18). The van der Waals surface area contributed by atoms with Gasteiger partial charge in [0.15, 0.2) is 0 Å². The third kappa shape index (κ3) is 5.28. The summed E-state index contributed by atoms with van der Waals surface area (Å²) in [5.74, 6) is 3.38. The van der Waals surface area contributed by atoms with Crippen molar-refractivity contribution in [2.75, 3.05) is 24.8 Å². The Morgan fingerprint density at radius 3 is 2.71 bits per heavy atom. The molecule has 21 heavy (non-hydrogen) atoms.